The molecule has 0 saturated carbocycles. The second-order valence-electron chi connectivity index (χ2n) is 3.07. The van der Waals surface area contributed by atoms with Gasteiger partial charge < -0.3 is 5.32 Å². The highest BCUT2D eigenvalue weighted by atomic mass is 16.1. The molecule has 0 aliphatic rings. The molecule has 0 aromatic carbocycles. The molecule has 0 saturated heterocycles. The minimum absolute atomic E-state index is 0.233. The van der Waals surface area contributed by atoms with Crippen molar-refractivity contribution < 1.29 is 4.79 Å². The van der Waals surface area contributed by atoms with E-state index in [0.29, 0.717) is 11.4 Å². The first-order valence-electron chi connectivity index (χ1n) is 4.47. The summed E-state index contributed by atoms with van der Waals surface area (Å²) >= 11 is 0. The van der Waals surface area contributed by atoms with E-state index in [9.17, 15) is 4.79 Å². The van der Waals surface area contributed by atoms with Crippen LogP contribution in [-0.2, 0) is 7.05 Å². The molecule has 0 radical (unpaired) electrons. The summed E-state index contributed by atoms with van der Waals surface area (Å²) in [6.07, 6.45) is 4.89. The molecule has 0 bridgehead atoms. The van der Waals surface area contributed by atoms with Gasteiger partial charge in [-0.25, -0.2) is 0 Å². The van der Waals surface area contributed by atoms with Crippen LogP contribution in [0.4, 0.5) is 5.69 Å². The van der Waals surface area contributed by atoms with Crippen molar-refractivity contribution >= 4 is 11.6 Å². The Hall–Kier alpha value is -2.17. The normalized spacial score (nSPS) is 9.93. The number of nitrogens with zero attached hydrogens (tertiary/aromatic N) is 3. The Morgan fingerprint density at radius 2 is 2.33 bits per heavy atom. The van der Waals surface area contributed by atoms with Crippen LogP contribution in [-0.4, -0.2) is 20.7 Å². The van der Waals surface area contributed by atoms with Gasteiger partial charge in [0.25, 0.3) is 5.91 Å². The fourth-order valence-electron chi connectivity index (χ4n) is 1.18. The third-order valence-electron chi connectivity index (χ3n) is 1.86. The maximum atomic E-state index is 11.6. The topological polar surface area (TPSA) is 59.8 Å². The Bertz CT molecular complexity index is 463. The van der Waals surface area contributed by atoms with E-state index in [-0.39, 0.29) is 5.91 Å². The van der Waals surface area contributed by atoms with Gasteiger partial charge in [0.1, 0.15) is 5.69 Å². The van der Waals surface area contributed by atoms with Crippen LogP contribution in [0.3, 0.4) is 0 Å². The van der Waals surface area contributed by atoms with Crippen molar-refractivity contribution in [3.05, 3.63) is 42.5 Å². The van der Waals surface area contributed by atoms with Crippen molar-refractivity contribution in [3.63, 3.8) is 0 Å². The van der Waals surface area contributed by atoms with E-state index in [1.54, 1.807) is 48.5 Å². The Kier molecular flexibility index (Phi) is 2.45. The molecule has 15 heavy (non-hydrogen) atoms. The van der Waals surface area contributed by atoms with Gasteiger partial charge in [-0.15, -0.1) is 0 Å². The molecule has 2 heterocycles. The number of amides is 1. The Morgan fingerprint density at radius 1 is 1.47 bits per heavy atom. The smallest absolute Gasteiger partial charge is 0.274 e. The molecule has 76 valence electrons. The summed E-state index contributed by atoms with van der Waals surface area (Å²) in [5, 5.41) is 6.64. The van der Waals surface area contributed by atoms with Gasteiger partial charge in [0.15, 0.2) is 0 Å². The second-order valence-corrected chi connectivity index (χ2v) is 3.07. The molecule has 2 aromatic rings. The van der Waals surface area contributed by atoms with E-state index in [1.165, 1.54) is 0 Å². The average molecular weight is 202 g/mol. The van der Waals surface area contributed by atoms with Gasteiger partial charge in [-0.2, -0.15) is 5.10 Å². The number of rotatable bonds is 2. The van der Waals surface area contributed by atoms with Gasteiger partial charge in [-0.1, -0.05) is 6.07 Å². The third-order valence-corrected chi connectivity index (χ3v) is 1.86. The summed E-state index contributed by atoms with van der Waals surface area (Å²) < 4.78 is 1.62. The summed E-state index contributed by atoms with van der Waals surface area (Å²) in [5.74, 6) is -0.233. The van der Waals surface area contributed by atoms with Crippen molar-refractivity contribution in [2.45, 2.75) is 0 Å². The minimum Gasteiger partial charge on any atom is -0.318 e. The average Bonchev–Trinajstić information content (AvgIpc) is 2.65. The molecular formula is C10H10N4O. The number of nitrogens with one attached hydrogen (secondary N) is 1. The van der Waals surface area contributed by atoms with Crippen molar-refractivity contribution in [1.29, 1.82) is 0 Å². The third kappa shape index (κ3) is 2.19. The molecule has 0 unspecified atom stereocenters. The largest absolute Gasteiger partial charge is 0.318 e. The number of anilines is 1. The van der Waals surface area contributed by atoms with E-state index in [1.807, 2.05) is 0 Å². The van der Waals surface area contributed by atoms with Crippen LogP contribution in [0.2, 0.25) is 0 Å². The molecule has 0 aliphatic carbocycles. The summed E-state index contributed by atoms with van der Waals surface area (Å²) in [7, 11) is 1.79. The molecule has 0 spiro atoms. The lowest BCUT2D eigenvalue weighted by Gasteiger charge is -2.00. The quantitative estimate of drug-likeness (QED) is 0.792. The van der Waals surface area contributed by atoms with Crippen molar-refractivity contribution in [3.8, 4) is 0 Å². The monoisotopic (exact) mass is 202 g/mol. The molecular weight excluding hydrogens is 192 g/mol. The maximum absolute atomic E-state index is 11.6. The number of aryl methyl sites for hydroxylation is 1. The van der Waals surface area contributed by atoms with Gasteiger partial charge in [-0.05, 0) is 12.1 Å². The van der Waals surface area contributed by atoms with Gasteiger partial charge in [0.2, 0.25) is 0 Å². The van der Waals surface area contributed by atoms with Crippen LogP contribution >= 0.6 is 0 Å². The van der Waals surface area contributed by atoms with Crippen LogP contribution < -0.4 is 5.32 Å². The highest BCUT2D eigenvalue weighted by Crippen LogP contribution is 2.05. The molecule has 1 amide bonds. The number of hydrogen-bond acceptors (Lipinski definition) is 3. The second kappa shape index (κ2) is 3.91. The summed E-state index contributed by atoms with van der Waals surface area (Å²) in [6.45, 7) is 0. The fraction of sp³-hybridized carbons (Fsp3) is 0.100. The summed E-state index contributed by atoms with van der Waals surface area (Å²) in [5.41, 5.74) is 1.05. The predicted molar refractivity (Wildman–Crippen MR) is 55.4 cm³/mol. The van der Waals surface area contributed by atoms with E-state index in [2.05, 4.69) is 15.4 Å². The van der Waals surface area contributed by atoms with Gasteiger partial charge in [0, 0.05) is 19.4 Å². The van der Waals surface area contributed by atoms with Crippen molar-refractivity contribution in [2.24, 2.45) is 7.05 Å². The summed E-state index contributed by atoms with van der Waals surface area (Å²) in [6, 6.07) is 5.19. The van der Waals surface area contributed by atoms with Gasteiger partial charge in [-0.3, -0.25) is 14.5 Å². The molecule has 5 heteroatoms. The lowest BCUT2D eigenvalue weighted by molar-refractivity contribution is 0.102. The van der Waals surface area contributed by atoms with Crippen molar-refractivity contribution in [2.75, 3.05) is 5.32 Å². The van der Waals surface area contributed by atoms with Crippen LogP contribution in [0.5, 0.6) is 0 Å². The number of carbonyl (C=O) groups is 1. The van der Waals surface area contributed by atoms with E-state index >= 15 is 0 Å². The molecule has 2 rings (SSSR count). The maximum Gasteiger partial charge on any atom is 0.274 e. The van der Waals surface area contributed by atoms with Gasteiger partial charge >= 0.3 is 0 Å². The van der Waals surface area contributed by atoms with Crippen LogP contribution in [0.25, 0.3) is 0 Å². The number of pyridine rings is 1. The van der Waals surface area contributed by atoms with Crippen LogP contribution in [0, 0.1) is 0 Å². The Labute approximate surface area is 86.8 Å². The van der Waals surface area contributed by atoms with Crippen molar-refractivity contribution in [1.82, 2.24) is 14.8 Å². The van der Waals surface area contributed by atoms with E-state index < -0.39 is 0 Å². The minimum atomic E-state index is -0.233. The Morgan fingerprint density at radius 3 is 2.93 bits per heavy atom. The lowest BCUT2D eigenvalue weighted by Crippen LogP contribution is -2.12. The molecule has 1 N–H and O–H groups in total. The molecule has 5 nitrogen and oxygen atoms in total. The molecule has 2 aromatic heterocycles. The lowest BCUT2D eigenvalue weighted by atomic mass is 10.3. The standard InChI is InChI=1S/C10H10N4O/c1-14-7-8(6-12-14)13-10(15)9-4-2-3-5-11-9/h2-7H,1H3,(H,13,15). The fourth-order valence-corrected chi connectivity index (χ4v) is 1.18. The summed E-state index contributed by atoms with van der Waals surface area (Å²) in [4.78, 5) is 15.6. The highest BCUT2D eigenvalue weighted by molar-refractivity contribution is 6.02. The zero-order valence-electron chi connectivity index (χ0n) is 8.21. The Balaban J connectivity index is 2.11. The van der Waals surface area contributed by atoms with Crippen LogP contribution in [0.15, 0.2) is 36.8 Å². The predicted octanol–water partition coefficient (Wildman–Crippen LogP) is 1.07. The number of aromatic nitrogens is 3. The molecule has 0 fully saturated rings. The van der Waals surface area contributed by atoms with Gasteiger partial charge in [0.05, 0.1) is 11.9 Å². The molecule has 0 aliphatic heterocycles. The number of carbonyl (C=O) groups excluding carboxylic acids is 1. The van der Waals surface area contributed by atoms with E-state index in [4.69, 9.17) is 0 Å². The first kappa shape index (κ1) is 9.39. The SMILES string of the molecule is Cn1cc(NC(=O)c2ccccn2)cn1. The zero-order valence-corrected chi connectivity index (χ0v) is 8.21. The zero-order chi connectivity index (χ0) is 10.7. The highest BCUT2D eigenvalue weighted by Gasteiger charge is 2.06. The van der Waals surface area contributed by atoms with Crippen LogP contribution in [0.1, 0.15) is 10.5 Å². The number of hydrogen-bond donors (Lipinski definition) is 1. The molecule has 0 atom stereocenters. The van der Waals surface area contributed by atoms with E-state index in [0.717, 1.165) is 0 Å². The first-order chi connectivity index (χ1) is 7.25. The first-order valence-corrected chi connectivity index (χ1v) is 4.47.